The van der Waals surface area contributed by atoms with Gasteiger partial charge in [-0.2, -0.15) is 0 Å². The molecule has 0 N–H and O–H groups in total. The number of nitrogens with zero attached hydrogens (tertiary/aromatic N) is 3. The van der Waals surface area contributed by atoms with Gasteiger partial charge in [-0.05, 0) is 52.6 Å². The van der Waals surface area contributed by atoms with E-state index in [4.69, 9.17) is 24.1 Å². The molecule has 2 aliphatic rings. The summed E-state index contributed by atoms with van der Waals surface area (Å²) in [6, 6.07) is 50.0. The molecule has 1 spiro atoms. The summed E-state index contributed by atoms with van der Waals surface area (Å²) < 4.78 is 12.5. The third kappa shape index (κ3) is 3.68. The van der Waals surface area contributed by atoms with Gasteiger partial charge in [-0.25, -0.2) is 15.0 Å². The second kappa shape index (κ2) is 9.83. The summed E-state index contributed by atoms with van der Waals surface area (Å²) in [6.07, 6.45) is 1.77. The van der Waals surface area contributed by atoms with Crippen LogP contribution in [0.2, 0.25) is 0 Å². The van der Waals surface area contributed by atoms with Crippen LogP contribution in [0.1, 0.15) is 22.3 Å². The third-order valence-corrected chi connectivity index (χ3v) is 9.49. The maximum Gasteiger partial charge on any atom is 0.164 e. The van der Waals surface area contributed by atoms with Crippen LogP contribution in [0.25, 0.3) is 56.3 Å². The SMILES string of the molecule is c1ccc(-c2nc(-c3ccccc3)nc(-c3ccc4c(c3)-c3c(ccc5occc35)C43c4ccccc4Oc4ccccc43)n2)cc1. The van der Waals surface area contributed by atoms with Crippen molar-refractivity contribution in [3.63, 3.8) is 0 Å². The Balaban J connectivity index is 1.27. The minimum Gasteiger partial charge on any atom is -0.464 e. The van der Waals surface area contributed by atoms with Crippen LogP contribution in [0.3, 0.4) is 0 Å². The van der Waals surface area contributed by atoms with Gasteiger partial charge in [0.2, 0.25) is 0 Å². The second-order valence-electron chi connectivity index (χ2n) is 12.0. The highest BCUT2D eigenvalue weighted by Crippen LogP contribution is 2.63. The fourth-order valence-electron chi connectivity index (χ4n) is 7.52. The summed E-state index contributed by atoms with van der Waals surface area (Å²) in [6.45, 7) is 0. The Morgan fingerprint density at radius 1 is 0.447 bits per heavy atom. The molecule has 8 aromatic rings. The minimum absolute atomic E-state index is 0.580. The topological polar surface area (TPSA) is 61.0 Å². The zero-order valence-corrected chi connectivity index (χ0v) is 25.1. The van der Waals surface area contributed by atoms with Gasteiger partial charge in [-0.1, -0.05) is 115 Å². The van der Waals surface area contributed by atoms with Crippen molar-refractivity contribution in [3.05, 3.63) is 174 Å². The lowest BCUT2D eigenvalue weighted by Gasteiger charge is -2.39. The van der Waals surface area contributed by atoms with Crippen molar-refractivity contribution in [1.29, 1.82) is 0 Å². The molecule has 220 valence electrons. The van der Waals surface area contributed by atoms with Crippen LogP contribution in [0.4, 0.5) is 0 Å². The number of hydrogen-bond donors (Lipinski definition) is 0. The van der Waals surface area contributed by atoms with Gasteiger partial charge in [0, 0.05) is 33.2 Å². The molecule has 0 fully saturated rings. The Morgan fingerprint density at radius 2 is 1.00 bits per heavy atom. The van der Waals surface area contributed by atoms with Crippen molar-refractivity contribution in [2.45, 2.75) is 5.41 Å². The van der Waals surface area contributed by atoms with E-state index < -0.39 is 5.41 Å². The Morgan fingerprint density at radius 3 is 1.64 bits per heavy atom. The van der Waals surface area contributed by atoms with Crippen LogP contribution in [0.5, 0.6) is 11.5 Å². The van der Waals surface area contributed by atoms with E-state index in [9.17, 15) is 0 Å². The van der Waals surface area contributed by atoms with Crippen LogP contribution in [0.15, 0.2) is 156 Å². The Kier molecular flexibility index (Phi) is 5.43. The Bertz CT molecular complexity index is 2400. The van der Waals surface area contributed by atoms with E-state index in [2.05, 4.69) is 72.8 Å². The number of aromatic nitrogens is 3. The van der Waals surface area contributed by atoms with Gasteiger partial charge in [-0.15, -0.1) is 0 Å². The molecule has 0 saturated heterocycles. The van der Waals surface area contributed by atoms with Gasteiger partial charge in [0.15, 0.2) is 17.5 Å². The average Bonchev–Trinajstić information content (AvgIpc) is 3.74. The van der Waals surface area contributed by atoms with E-state index in [0.29, 0.717) is 17.5 Å². The molecule has 47 heavy (non-hydrogen) atoms. The van der Waals surface area contributed by atoms with Gasteiger partial charge in [0.05, 0.1) is 11.7 Å². The molecule has 0 unspecified atom stereocenters. The molecular weight excluding hydrogens is 578 g/mol. The summed E-state index contributed by atoms with van der Waals surface area (Å²) in [7, 11) is 0. The third-order valence-electron chi connectivity index (χ3n) is 9.49. The maximum atomic E-state index is 6.52. The molecular formula is C42H25N3O2. The van der Waals surface area contributed by atoms with Crippen molar-refractivity contribution >= 4 is 11.0 Å². The van der Waals surface area contributed by atoms with Gasteiger partial charge in [0.25, 0.3) is 0 Å². The normalized spacial score (nSPS) is 13.4. The van der Waals surface area contributed by atoms with Crippen molar-refractivity contribution in [1.82, 2.24) is 15.0 Å². The van der Waals surface area contributed by atoms with E-state index in [-0.39, 0.29) is 0 Å². The van der Waals surface area contributed by atoms with Crippen LogP contribution >= 0.6 is 0 Å². The summed E-state index contributed by atoms with van der Waals surface area (Å²) in [4.78, 5) is 15.0. The summed E-state index contributed by atoms with van der Waals surface area (Å²) in [5.74, 6) is 3.61. The number of hydrogen-bond acceptors (Lipinski definition) is 5. The van der Waals surface area contributed by atoms with Crippen molar-refractivity contribution in [2.75, 3.05) is 0 Å². The summed E-state index contributed by atoms with van der Waals surface area (Å²) >= 11 is 0. The first-order valence-electron chi connectivity index (χ1n) is 15.7. The van der Waals surface area contributed by atoms with Gasteiger partial charge in [-0.3, -0.25) is 0 Å². The van der Waals surface area contributed by atoms with Crippen LogP contribution < -0.4 is 4.74 Å². The number of rotatable bonds is 3. The molecule has 3 heterocycles. The number of benzene rings is 6. The highest BCUT2D eigenvalue weighted by Gasteiger charge is 2.51. The smallest absolute Gasteiger partial charge is 0.164 e. The molecule has 0 atom stereocenters. The largest absolute Gasteiger partial charge is 0.464 e. The van der Waals surface area contributed by atoms with Crippen LogP contribution in [0, 0.1) is 0 Å². The summed E-state index contributed by atoms with van der Waals surface area (Å²) in [5, 5.41) is 1.07. The zero-order chi connectivity index (χ0) is 31.0. The molecule has 0 amide bonds. The van der Waals surface area contributed by atoms with E-state index in [1.165, 1.54) is 11.1 Å². The molecule has 1 aliphatic carbocycles. The summed E-state index contributed by atoms with van der Waals surface area (Å²) in [5.41, 5.74) is 9.97. The molecule has 10 rings (SSSR count). The lowest BCUT2D eigenvalue weighted by atomic mass is 9.66. The van der Waals surface area contributed by atoms with E-state index in [1.54, 1.807) is 6.26 Å². The lowest BCUT2D eigenvalue weighted by Crippen LogP contribution is -2.32. The molecule has 0 saturated carbocycles. The van der Waals surface area contributed by atoms with Gasteiger partial charge in [0.1, 0.15) is 17.1 Å². The lowest BCUT2D eigenvalue weighted by molar-refractivity contribution is 0.436. The average molecular weight is 604 g/mol. The minimum atomic E-state index is -0.580. The molecule has 5 nitrogen and oxygen atoms in total. The first-order valence-corrected chi connectivity index (χ1v) is 15.7. The van der Waals surface area contributed by atoms with Gasteiger partial charge < -0.3 is 9.15 Å². The van der Waals surface area contributed by atoms with Crippen molar-refractivity contribution < 1.29 is 9.15 Å². The molecule has 6 aromatic carbocycles. The van der Waals surface area contributed by atoms with Crippen molar-refractivity contribution in [3.8, 4) is 56.8 Å². The maximum absolute atomic E-state index is 6.52. The quantitative estimate of drug-likeness (QED) is 0.201. The molecule has 0 bridgehead atoms. The number of ether oxygens (including phenoxy) is 1. The Labute approximate surface area is 270 Å². The monoisotopic (exact) mass is 603 g/mol. The van der Waals surface area contributed by atoms with E-state index >= 15 is 0 Å². The fraction of sp³-hybridized carbons (Fsp3) is 0.0238. The number of para-hydroxylation sites is 2. The zero-order valence-electron chi connectivity index (χ0n) is 25.1. The fourth-order valence-corrected chi connectivity index (χ4v) is 7.52. The molecule has 5 heteroatoms. The number of furan rings is 1. The molecule has 1 aliphatic heterocycles. The van der Waals surface area contributed by atoms with E-state index in [0.717, 1.165) is 61.4 Å². The van der Waals surface area contributed by atoms with Crippen molar-refractivity contribution in [2.24, 2.45) is 0 Å². The second-order valence-corrected chi connectivity index (χ2v) is 12.0. The molecule has 0 radical (unpaired) electrons. The van der Waals surface area contributed by atoms with Crippen LogP contribution in [-0.4, -0.2) is 15.0 Å². The first kappa shape index (κ1) is 25.9. The highest BCUT2D eigenvalue weighted by molar-refractivity contribution is 6.03. The Hall–Kier alpha value is -6.33. The highest BCUT2D eigenvalue weighted by atomic mass is 16.5. The standard InChI is InChI=1S/C42H25N3O2/c1-3-11-26(12-4-1)39-43-40(27-13-5-2-6-14-27)45-41(44-39)28-19-20-31-30(25-28)38-29-23-24-46-35(29)22-21-34(38)42(31)32-15-7-9-17-36(32)47-37-18-10-8-16-33(37)42/h1-25H. The number of fused-ring (bicyclic) bond motifs is 11. The molecule has 2 aromatic heterocycles. The van der Waals surface area contributed by atoms with E-state index in [1.807, 2.05) is 72.8 Å². The van der Waals surface area contributed by atoms with Crippen LogP contribution in [-0.2, 0) is 5.41 Å². The predicted molar refractivity (Wildman–Crippen MR) is 183 cm³/mol. The van der Waals surface area contributed by atoms with Gasteiger partial charge >= 0.3 is 0 Å². The first-order chi connectivity index (χ1) is 23.3. The predicted octanol–water partition coefficient (Wildman–Crippen LogP) is 10.1.